The third kappa shape index (κ3) is 5.94. The van der Waals surface area contributed by atoms with E-state index in [0.29, 0.717) is 6.54 Å². The van der Waals surface area contributed by atoms with Crippen LogP contribution in [0.4, 0.5) is 19.0 Å². The highest BCUT2D eigenvalue weighted by molar-refractivity contribution is 5.73. The van der Waals surface area contributed by atoms with Gasteiger partial charge in [0.25, 0.3) is 5.56 Å². The van der Waals surface area contributed by atoms with Crippen LogP contribution in [0, 0.1) is 11.3 Å². The van der Waals surface area contributed by atoms with Crippen molar-refractivity contribution in [1.29, 1.82) is 5.26 Å². The second-order valence-corrected chi connectivity index (χ2v) is 5.74. The third-order valence-corrected chi connectivity index (χ3v) is 3.74. The predicted octanol–water partition coefficient (Wildman–Crippen LogP) is 0.701. The maximum atomic E-state index is 12.0. The Morgan fingerprint density at radius 3 is 2.21 bits per heavy atom. The average Bonchev–Trinajstić information content (AvgIpc) is 2.68. The Morgan fingerprint density at radius 2 is 1.76 bits per heavy atom. The van der Waals surface area contributed by atoms with Gasteiger partial charge in [-0.3, -0.25) is 13.9 Å². The predicted molar refractivity (Wildman–Crippen MR) is 97.2 cm³/mol. The number of halogens is 3. The zero-order valence-corrected chi connectivity index (χ0v) is 15.4. The van der Waals surface area contributed by atoms with Crippen molar-refractivity contribution in [1.82, 2.24) is 9.13 Å². The number of hydrogen-bond donors (Lipinski definition) is 3. The van der Waals surface area contributed by atoms with Gasteiger partial charge in [-0.05, 0) is 5.56 Å². The van der Waals surface area contributed by atoms with Crippen molar-refractivity contribution in [3.8, 4) is 6.07 Å². The molecule has 0 saturated heterocycles. The van der Waals surface area contributed by atoms with Gasteiger partial charge in [0.15, 0.2) is 5.56 Å². The molecule has 0 aliphatic carbocycles. The van der Waals surface area contributed by atoms with Gasteiger partial charge >= 0.3 is 17.8 Å². The molecule has 0 aliphatic rings. The van der Waals surface area contributed by atoms with Gasteiger partial charge in [-0.2, -0.15) is 18.4 Å². The number of carboxylic acid groups (broad SMARTS) is 1. The number of carboxylic acids is 1. The van der Waals surface area contributed by atoms with Gasteiger partial charge in [-0.1, -0.05) is 30.3 Å². The molecule has 9 nitrogen and oxygen atoms in total. The van der Waals surface area contributed by atoms with E-state index in [4.69, 9.17) is 15.6 Å². The van der Waals surface area contributed by atoms with E-state index in [0.717, 1.165) is 10.1 Å². The lowest BCUT2D eigenvalue weighted by molar-refractivity contribution is -0.192. The molecule has 156 valence electrons. The highest BCUT2D eigenvalue weighted by atomic mass is 19.4. The molecule has 0 amide bonds. The van der Waals surface area contributed by atoms with E-state index in [9.17, 15) is 28.0 Å². The summed E-state index contributed by atoms with van der Waals surface area (Å²) in [6.07, 6.45) is -5.08. The van der Waals surface area contributed by atoms with Crippen LogP contribution in [-0.4, -0.2) is 32.9 Å². The van der Waals surface area contributed by atoms with Crippen LogP contribution >= 0.6 is 0 Å². The summed E-state index contributed by atoms with van der Waals surface area (Å²) in [4.78, 5) is 32.8. The van der Waals surface area contributed by atoms with Crippen molar-refractivity contribution in [2.45, 2.75) is 12.2 Å². The maximum absolute atomic E-state index is 12.0. The number of benzene rings is 1. The Labute approximate surface area is 162 Å². The summed E-state index contributed by atoms with van der Waals surface area (Å²) < 4.78 is 33.9. The molecule has 1 unspecified atom stereocenters. The lowest BCUT2D eigenvalue weighted by Gasteiger charge is -2.17. The summed E-state index contributed by atoms with van der Waals surface area (Å²) in [5, 5.41) is 19.2. The number of aliphatic carboxylic acids is 1. The summed E-state index contributed by atoms with van der Waals surface area (Å²) in [5.41, 5.74) is 5.76. The quantitative estimate of drug-likeness (QED) is 0.669. The second kappa shape index (κ2) is 9.56. The Morgan fingerprint density at radius 1 is 1.24 bits per heavy atom. The Bertz CT molecular complexity index is 1020. The van der Waals surface area contributed by atoms with E-state index in [1.807, 2.05) is 36.4 Å². The molecule has 0 bridgehead atoms. The van der Waals surface area contributed by atoms with E-state index in [1.54, 1.807) is 0 Å². The number of nitrogens with zero attached hydrogens (tertiary/aromatic N) is 3. The molecule has 0 aliphatic heterocycles. The molecule has 29 heavy (non-hydrogen) atoms. The molecule has 2 aromatic rings. The molecule has 0 radical (unpaired) electrons. The van der Waals surface area contributed by atoms with E-state index >= 15 is 0 Å². The summed E-state index contributed by atoms with van der Waals surface area (Å²) >= 11 is 0. The van der Waals surface area contributed by atoms with E-state index in [1.165, 1.54) is 18.7 Å². The molecule has 0 saturated carbocycles. The first-order chi connectivity index (χ1) is 13.4. The first kappa shape index (κ1) is 23.4. The normalized spacial score (nSPS) is 11.6. The highest BCUT2D eigenvalue weighted by Crippen LogP contribution is 2.13. The molecule has 1 aromatic carbocycles. The summed E-state index contributed by atoms with van der Waals surface area (Å²) in [6.45, 7) is 0.291. The van der Waals surface area contributed by atoms with Crippen LogP contribution in [0.25, 0.3) is 0 Å². The average molecular weight is 413 g/mol. The monoisotopic (exact) mass is 413 g/mol. The van der Waals surface area contributed by atoms with Gasteiger partial charge in [-0.25, -0.2) is 9.59 Å². The van der Waals surface area contributed by atoms with Crippen LogP contribution in [0.1, 0.15) is 17.2 Å². The first-order valence-electron chi connectivity index (χ1n) is 7.96. The maximum Gasteiger partial charge on any atom is 0.490 e. The number of carbonyl (C=O) groups is 1. The van der Waals surface area contributed by atoms with Crippen LogP contribution in [0.15, 0.2) is 39.9 Å². The molecule has 4 N–H and O–H groups in total. The van der Waals surface area contributed by atoms with E-state index in [2.05, 4.69) is 5.32 Å². The number of anilines is 1. The van der Waals surface area contributed by atoms with Crippen LogP contribution in [0.5, 0.6) is 0 Å². The fraction of sp³-hybridized carbons (Fsp3) is 0.294. The summed E-state index contributed by atoms with van der Waals surface area (Å²) in [6, 6.07) is 10.9. The lowest BCUT2D eigenvalue weighted by atomic mass is 10.1. The number of nitriles is 1. The third-order valence-electron chi connectivity index (χ3n) is 3.74. The molecule has 0 fully saturated rings. The largest absolute Gasteiger partial charge is 0.490 e. The second-order valence-electron chi connectivity index (χ2n) is 5.74. The first-order valence-corrected chi connectivity index (χ1v) is 7.96. The Hall–Kier alpha value is -3.59. The molecular weight excluding hydrogens is 395 g/mol. The molecule has 12 heteroatoms. The zero-order valence-electron chi connectivity index (χ0n) is 15.4. The number of alkyl halides is 3. The Balaban J connectivity index is 0.000000516. The minimum Gasteiger partial charge on any atom is -0.475 e. The molecule has 2 rings (SSSR count). The van der Waals surface area contributed by atoms with Crippen LogP contribution in [-0.2, 0) is 18.9 Å². The number of aromatic nitrogens is 2. The molecule has 1 aromatic heterocycles. The number of nitrogens with one attached hydrogen (secondary N) is 1. The standard InChI is InChI=1S/C15H17N5O2.C2HF3O2/c1-19-13(11(8-16)14(21)20(2)15(19)22)18-9-12(17)10-6-4-3-5-7-10;3-2(4,5)1(6)7/h3-7,12,18H,9,17H2,1-2H3;(H,6,7). The smallest absolute Gasteiger partial charge is 0.475 e. The topological polar surface area (TPSA) is 143 Å². The fourth-order valence-electron chi connectivity index (χ4n) is 2.18. The number of nitrogens with two attached hydrogens (primary N) is 1. The fourth-order valence-corrected chi connectivity index (χ4v) is 2.18. The van der Waals surface area contributed by atoms with Crippen LogP contribution in [0.2, 0.25) is 0 Å². The number of rotatable bonds is 4. The van der Waals surface area contributed by atoms with Gasteiger partial charge in [0.05, 0.1) is 0 Å². The highest BCUT2D eigenvalue weighted by Gasteiger charge is 2.38. The van der Waals surface area contributed by atoms with Crippen LogP contribution in [0.3, 0.4) is 0 Å². The van der Waals surface area contributed by atoms with Crippen molar-refractivity contribution in [3.63, 3.8) is 0 Å². The van der Waals surface area contributed by atoms with Gasteiger partial charge in [0, 0.05) is 26.7 Å². The van der Waals surface area contributed by atoms with Crippen molar-refractivity contribution in [2.24, 2.45) is 19.8 Å². The van der Waals surface area contributed by atoms with Crippen molar-refractivity contribution >= 4 is 11.8 Å². The molecule has 1 heterocycles. The van der Waals surface area contributed by atoms with Gasteiger partial charge in [-0.15, -0.1) is 0 Å². The van der Waals surface area contributed by atoms with E-state index in [-0.39, 0.29) is 17.4 Å². The van der Waals surface area contributed by atoms with Crippen molar-refractivity contribution in [3.05, 3.63) is 62.3 Å². The molecule has 1 atom stereocenters. The van der Waals surface area contributed by atoms with Gasteiger partial charge in [0.1, 0.15) is 11.9 Å². The van der Waals surface area contributed by atoms with Crippen molar-refractivity contribution < 1.29 is 23.1 Å². The molecule has 0 spiro atoms. The minimum atomic E-state index is -5.08. The SMILES string of the molecule is Cn1c(NCC(N)c2ccccc2)c(C#N)c(=O)n(C)c1=O.O=C(O)C(F)(F)F. The van der Waals surface area contributed by atoms with Crippen molar-refractivity contribution in [2.75, 3.05) is 11.9 Å². The van der Waals surface area contributed by atoms with Gasteiger partial charge < -0.3 is 16.2 Å². The minimum absolute atomic E-state index is 0.107. The summed E-state index contributed by atoms with van der Waals surface area (Å²) in [5.74, 6) is -2.57. The Kier molecular flexibility index (Phi) is 7.73. The lowest BCUT2D eigenvalue weighted by Crippen LogP contribution is -2.40. The van der Waals surface area contributed by atoms with Crippen LogP contribution < -0.4 is 22.3 Å². The zero-order chi connectivity index (χ0) is 22.4. The number of hydrogen-bond acceptors (Lipinski definition) is 6. The molecular formula is C17H18F3N5O4. The van der Waals surface area contributed by atoms with Gasteiger partial charge in [0.2, 0.25) is 0 Å². The summed E-state index contributed by atoms with van der Waals surface area (Å²) in [7, 11) is 2.84. The van der Waals surface area contributed by atoms with E-state index < -0.39 is 23.4 Å².